The van der Waals surface area contributed by atoms with Gasteiger partial charge in [0.1, 0.15) is 21.8 Å². The van der Waals surface area contributed by atoms with Crippen molar-refractivity contribution in [1.82, 2.24) is 0 Å². The zero-order valence-corrected chi connectivity index (χ0v) is 21.8. The van der Waals surface area contributed by atoms with Crippen molar-refractivity contribution in [2.45, 2.75) is 10.3 Å². The Morgan fingerprint density at radius 2 is 1.56 bits per heavy atom. The molecule has 1 aliphatic carbocycles. The van der Waals surface area contributed by atoms with Gasteiger partial charge in [0.15, 0.2) is 0 Å². The summed E-state index contributed by atoms with van der Waals surface area (Å²) in [6.07, 6.45) is 0. The van der Waals surface area contributed by atoms with E-state index in [9.17, 15) is 22.8 Å². The van der Waals surface area contributed by atoms with Crippen LogP contribution in [-0.2, 0) is 4.79 Å². The number of anilines is 2. The number of rotatable bonds is 5. The number of benzene rings is 3. The Hall–Kier alpha value is -2.16. The molecule has 0 bridgehead atoms. The highest BCUT2D eigenvalue weighted by Crippen LogP contribution is 2.65. The highest BCUT2D eigenvalue weighted by Gasteiger charge is 2.67. The molecule has 0 aromatic heterocycles. The maximum Gasteiger partial charge on any atom is 0.261 e. The number of carbonyl (C=O) groups is 2. The van der Waals surface area contributed by atoms with Crippen molar-refractivity contribution < 1.29 is 22.8 Å². The average Bonchev–Trinajstić information content (AvgIpc) is 3.39. The lowest BCUT2D eigenvalue weighted by Crippen LogP contribution is -2.28. The second kappa shape index (κ2) is 9.95. The van der Waals surface area contributed by atoms with Crippen LogP contribution in [-0.4, -0.2) is 23.2 Å². The van der Waals surface area contributed by atoms with Crippen molar-refractivity contribution in [3.63, 3.8) is 0 Å². The van der Waals surface area contributed by atoms with Gasteiger partial charge in [-0.3, -0.25) is 9.59 Å². The molecular formula is C24H14Cl5F3N2O2. The number of nitrogens with zero attached hydrogens (tertiary/aromatic N) is 1. The number of nitrogens with one attached hydrogen (secondary N) is 1. The van der Waals surface area contributed by atoms with Crippen molar-refractivity contribution in [2.75, 3.05) is 17.3 Å². The molecule has 3 aromatic rings. The standard InChI is InChI=1S/C24H14Cl5F3N2O2/c1-34(18-5-2-11(30)8-17(18)32)23(36)13-9-12(3-4-16(13)31)33-22(35)20-19(24(20,28)29)10-6-14(25)21(27)15(26)7-10/h2-9,19-20H,1H3,(H,33,35). The lowest BCUT2D eigenvalue weighted by Gasteiger charge is -2.19. The van der Waals surface area contributed by atoms with E-state index in [-0.39, 0.29) is 26.4 Å². The molecule has 188 valence electrons. The minimum atomic E-state index is -1.48. The molecule has 0 radical (unpaired) electrons. The van der Waals surface area contributed by atoms with Gasteiger partial charge in [0.05, 0.1) is 32.2 Å². The third-order valence-corrected chi connectivity index (χ3v) is 7.88. The monoisotopic (exact) mass is 594 g/mol. The molecule has 1 saturated carbocycles. The van der Waals surface area contributed by atoms with E-state index in [0.717, 1.165) is 29.2 Å². The third-order valence-electron chi connectivity index (χ3n) is 5.74. The molecule has 0 spiro atoms. The predicted octanol–water partition coefficient (Wildman–Crippen LogP) is 7.87. The van der Waals surface area contributed by atoms with Crippen molar-refractivity contribution >= 4 is 81.2 Å². The van der Waals surface area contributed by atoms with Gasteiger partial charge in [-0.05, 0) is 48.0 Å². The number of hydrogen-bond donors (Lipinski definition) is 1. The molecule has 0 aliphatic heterocycles. The highest BCUT2D eigenvalue weighted by molar-refractivity contribution is 6.54. The molecule has 2 unspecified atom stereocenters. The van der Waals surface area contributed by atoms with Crippen LogP contribution in [0.25, 0.3) is 0 Å². The van der Waals surface area contributed by atoms with Crippen LogP contribution in [0.5, 0.6) is 0 Å². The van der Waals surface area contributed by atoms with Gasteiger partial charge in [0.25, 0.3) is 5.91 Å². The normalized spacial score (nSPS) is 18.0. The van der Waals surface area contributed by atoms with E-state index < -0.39 is 51.0 Å². The summed E-state index contributed by atoms with van der Waals surface area (Å²) < 4.78 is 40.3. The molecule has 2 amide bonds. The third kappa shape index (κ3) is 5.00. The van der Waals surface area contributed by atoms with Crippen LogP contribution in [0.15, 0.2) is 48.5 Å². The number of alkyl halides is 2. The first kappa shape index (κ1) is 26.9. The minimum Gasteiger partial charge on any atom is -0.326 e. The Morgan fingerprint density at radius 1 is 0.917 bits per heavy atom. The SMILES string of the molecule is CN(C(=O)c1cc(NC(=O)C2C(c3cc(Cl)c(Cl)c(Cl)c3)C2(Cl)Cl)ccc1F)c1ccc(F)cc1F. The summed E-state index contributed by atoms with van der Waals surface area (Å²) in [6.45, 7) is 0. The number of halogens is 8. The lowest BCUT2D eigenvalue weighted by atomic mass is 10.1. The summed E-state index contributed by atoms with van der Waals surface area (Å²) in [5.41, 5.74) is -0.145. The molecule has 1 aliphatic rings. The first-order valence-corrected chi connectivity index (χ1v) is 12.1. The van der Waals surface area contributed by atoms with Gasteiger partial charge in [-0.1, -0.05) is 34.8 Å². The van der Waals surface area contributed by atoms with Crippen molar-refractivity contribution in [1.29, 1.82) is 0 Å². The Labute approximate surface area is 228 Å². The largest absolute Gasteiger partial charge is 0.326 e. The second-order valence-corrected chi connectivity index (χ2v) is 10.7. The van der Waals surface area contributed by atoms with Crippen molar-refractivity contribution in [3.8, 4) is 0 Å². The fraction of sp³-hybridized carbons (Fsp3) is 0.167. The summed E-state index contributed by atoms with van der Waals surface area (Å²) in [4.78, 5) is 26.6. The van der Waals surface area contributed by atoms with Crippen LogP contribution >= 0.6 is 58.0 Å². The van der Waals surface area contributed by atoms with Crippen LogP contribution in [0.3, 0.4) is 0 Å². The fourth-order valence-electron chi connectivity index (χ4n) is 3.85. The van der Waals surface area contributed by atoms with Gasteiger partial charge >= 0.3 is 0 Å². The molecule has 0 heterocycles. The quantitative estimate of drug-likeness (QED) is 0.241. The van der Waals surface area contributed by atoms with E-state index in [2.05, 4.69) is 5.32 Å². The highest BCUT2D eigenvalue weighted by atomic mass is 35.5. The van der Waals surface area contributed by atoms with Gasteiger partial charge in [0, 0.05) is 24.7 Å². The van der Waals surface area contributed by atoms with Crippen molar-refractivity contribution in [3.05, 3.63) is 92.2 Å². The van der Waals surface area contributed by atoms with Gasteiger partial charge < -0.3 is 10.2 Å². The average molecular weight is 597 g/mol. The smallest absolute Gasteiger partial charge is 0.261 e. The van der Waals surface area contributed by atoms with E-state index in [1.165, 1.54) is 25.2 Å². The molecule has 4 rings (SSSR count). The molecule has 1 fully saturated rings. The van der Waals surface area contributed by atoms with Gasteiger partial charge in [0.2, 0.25) is 5.91 Å². The Morgan fingerprint density at radius 3 is 2.17 bits per heavy atom. The molecular weight excluding hydrogens is 583 g/mol. The second-order valence-electron chi connectivity index (χ2n) is 8.07. The molecule has 12 heteroatoms. The van der Waals surface area contributed by atoms with Crippen LogP contribution < -0.4 is 10.2 Å². The Bertz CT molecular complexity index is 1380. The molecule has 1 N–H and O–H groups in total. The van der Waals surface area contributed by atoms with Gasteiger partial charge in [-0.15, -0.1) is 23.2 Å². The lowest BCUT2D eigenvalue weighted by molar-refractivity contribution is -0.117. The maximum atomic E-state index is 14.5. The van der Waals surface area contributed by atoms with E-state index in [0.29, 0.717) is 11.6 Å². The van der Waals surface area contributed by atoms with Gasteiger partial charge in [-0.2, -0.15) is 0 Å². The van der Waals surface area contributed by atoms with Crippen LogP contribution in [0.4, 0.5) is 24.5 Å². The van der Waals surface area contributed by atoms with Gasteiger partial charge in [-0.25, -0.2) is 13.2 Å². The number of amides is 2. The topological polar surface area (TPSA) is 49.4 Å². The van der Waals surface area contributed by atoms with E-state index >= 15 is 0 Å². The fourth-order valence-corrected chi connectivity index (χ4v) is 5.29. The molecule has 0 saturated heterocycles. The van der Waals surface area contributed by atoms with E-state index in [1.54, 1.807) is 0 Å². The number of hydrogen-bond acceptors (Lipinski definition) is 2. The molecule has 2 atom stereocenters. The Balaban J connectivity index is 1.55. The molecule has 36 heavy (non-hydrogen) atoms. The van der Waals surface area contributed by atoms with Crippen molar-refractivity contribution in [2.24, 2.45) is 5.92 Å². The number of carbonyl (C=O) groups excluding carboxylic acids is 2. The first-order chi connectivity index (χ1) is 16.8. The molecule has 3 aromatic carbocycles. The summed E-state index contributed by atoms with van der Waals surface area (Å²) >= 11 is 30.8. The Kier molecular flexibility index (Phi) is 7.43. The summed E-state index contributed by atoms with van der Waals surface area (Å²) in [6, 6.07) is 8.92. The zero-order valence-electron chi connectivity index (χ0n) is 18.1. The maximum absolute atomic E-state index is 14.5. The molecule has 4 nitrogen and oxygen atoms in total. The zero-order chi connectivity index (χ0) is 26.5. The summed E-state index contributed by atoms with van der Waals surface area (Å²) in [5, 5.41) is 3.03. The minimum absolute atomic E-state index is 0.0692. The van der Waals surface area contributed by atoms with E-state index in [4.69, 9.17) is 58.0 Å². The van der Waals surface area contributed by atoms with Crippen LogP contribution in [0.1, 0.15) is 21.8 Å². The van der Waals surface area contributed by atoms with Crippen LogP contribution in [0.2, 0.25) is 15.1 Å². The first-order valence-electron chi connectivity index (χ1n) is 10.2. The predicted molar refractivity (Wildman–Crippen MR) is 136 cm³/mol. The summed E-state index contributed by atoms with van der Waals surface area (Å²) in [5.74, 6) is -5.85. The van der Waals surface area contributed by atoms with Crippen LogP contribution in [0, 0.1) is 23.4 Å². The summed E-state index contributed by atoms with van der Waals surface area (Å²) in [7, 11) is 1.20. The van der Waals surface area contributed by atoms with E-state index in [1.807, 2.05) is 0 Å².